The molecule has 0 saturated carbocycles. The minimum atomic E-state index is -4.06. The zero-order valence-corrected chi connectivity index (χ0v) is 9.02. The van der Waals surface area contributed by atoms with Gasteiger partial charge in [0.2, 0.25) is 0 Å². The number of rotatable bonds is 0. The molecule has 4 heteroatoms. The number of hydrogen-bond donors (Lipinski definition) is 0. The van der Waals surface area contributed by atoms with Crippen LogP contribution < -0.4 is 0 Å². The summed E-state index contributed by atoms with van der Waals surface area (Å²) in [6, 6.07) is 0. The van der Waals surface area contributed by atoms with E-state index in [0.717, 1.165) is 26.1 Å². The fourth-order valence-electron chi connectivity index (χ4n) is 0.935. The second-order valence-electron chi connectivity index (χ2n) is 2.45. The van der Waals surface area contributed by atoms with Crippen molar-refractivity contribution in [1.29, 1.82) is 0 Å². The summed E-state index contributed by atoms with van der Waals surface area (Å²) < 4.78 is 37.0. The summed E-state index contributed by atoms with van der Waals surface area (Å²) in [5, 5.41) is 0. The Kier molecular flexibility index (Phi) is 2.67. The summed E-state index contributed by atoms with van der Waals surface area (Å²) in [5.74, 6) is -1.24. The first kappa shape index (κ1) is 9.16. The molecule has 0 bridgehead atoms. The SMILES string of the molecule is FC(F)(F)C1C=[C]([SnH])C=CC1. The van der Waals surface area contributed by atoms with E-state index in [4.69, 9.17) is 0 Å². The molecule has 1 unspecified atom stereocenters. The van der Waals surface area contributed by atoms with Crippen molar-refractivity contribution in [2.75, 3.05) is 0 Å². The molecule has 0 nitrogen and oxygen atoms in total. The van der Waals surface area contributed by atoms with Gasteiger partial charge in [-0.3, -0.25) is 0 Å². The van der Waals surface area contributed by atoms with Crippen LogP contribution in [-0.4, -0.2) is 28.7 Å². The molecule has 1 aliphatic rings. The average molecular weight is 267 g/mol. The molecule has 0 aromatic carbocycles. The molecule has 2 radical (unpaired) electrons. The van der Waals surface area contributed by atoms with Crippen LogP contribution in [0, 0.1) is 5.92 Å². The third-order valence-electron chi connectivity index (χ3n) is 1.51. The standard InChI is InChI=1S/C7H6F3.Sn.H/c8-7(9,10)6-4-2-1-3-5-6;;/h1-2,5-6H,4H2;;. The molecule has 0 amide bonds. The normalized spacial score (nSPS) is 25.1. The van der Waals surface area contributed by atoms with Crippen LogP contribution in [0.1, 0.15) is 6.42 Å². The summed E-state index contributed by atoms with van der Waals surface area (Å²) >= 11 is 0.760. The monoisotopic (exact) mass is 268 g/mol. The van der Waals surface area contributed by atoms with Crippen molar-refractivity contribution in [1.82, 2.24) is 0 Å². The molecular formula is C7H7F3Sn. The molecule has 11 heavy (non-hydrogen) atoms. The van der Waals surface area contributed by atoms with E-state index >= 15 is 0 Å². The van der Waals surface area contributed by atoms with Crippen molar-refractivity contribution >= 4 is 22.5 Å². The quantitative estimate of drug-likeness (QED) is 0.588. The molecule has 0 spiro atoms. The molecule has 0 N–H and O–H groups in total. The Morgan fingerprint density at radius 1 is 1.45 bits per heavy atom. The second kappa shape index (κ2) is 3.21. The van der Waals surface area contributed by atoms with E-state index in [2.05, 4.69) is 0 Å². The van der Waals surface area contributed by atoms with Gasteiger partial charge in [0.15, 0.2) is 0 Å². The number of allylic oxidation sites excluding steroid dienone is 4. The average Bonchev–Trinajstić information content (AvgIpc) is 1.86. The molecule has 0 heterocycles. The number of halogens is 3. The van der Waals surface area contributed by atoms with Gasteiger partial charge in [-0.2, -0.15) is 0 Å². The van der Waals surface area contributed by atoms with E-state index in [9.17, 15) is 13.2 Å². The van der Waals surface area contributed by atoms with E-state index < -0.39 is 12.1 Å². The van der Waals surface area contributed by atoms with E-state index in [-0.39, 0.29) is 6.42 Å². The van der Waals surface area contributed by atoms with Crippen molar-refractivity contribution in [3.8, 4) is 0 Å². The van der Waals surface area contributed by atoms with Gasteiger partial charge in [-0.15, -0.1) is 0 Å². The van der Waals surface area contributed by atoms with Gasteiger partial charge >= 0.3 is 76.0 Å². The second-order valence-corrected chi connectivity index (χ2v) is 4.36. The number of hydrogen-bond acceptors (Lipinski definition) is 0. The molecule has 1 atom stereocenters. The molecule has 0 aromatic rings. The Labute approximate surface area is 76.2 Å². The Bertz CT molecular complexity index is 202. The van der Waals surface area contributed by atoms with Gasteiger partial charge < -0.3 is 0 Å². The summed E-state index contributed by atoms with van der Waals surface area (Å²) in [7, 11) is 0. The van der Waals surface area contributed by atoms with Gasteiger partial charge in [0, 0.05) is 0 Å². The third-order valence-corrected chi connectivity index (χ3v) is 2.61. The van der Waals surface area contributed by atoms with Crippen molar-refractivity contribution < 1.29 is 13.2 Å². The summed E-state index contributed by atoms with van der Waals surface area (Å²) in [4.78, 5) is 0. The Morgan fingerprint density at radius 2 is 2.09 bits per heavy atom. The molecule has 0 aliphatic heterocycles. The van der Waals surface area contributed by atoms with Crippen LogP contribution in [0.2, 0.25) is 0 Å². The van der Waals surface area contributed by atoms with E-state index in [0.29, 0.717) is 0 Å². The van der Waals surface area contributed by atoms with Crippen LogP contribution in [0.5, 0.6) is 0 Å². The van der Waals surface area contributed by atoms with Gasteiger partial charge in [0.25, 0.3) is 0 Å². The maximum atomic E-state index is 12.1. The van der Waals surface area contributed by atoms with Crippen LogP contribution in [0.3, 0.4) is 0 Å². The minimum absolute atomic E-state index is 0.105. The fraction of sp³-hybridized carbons (Fsp3) is 0.429. The van der Waals surface area contributed by atoms with Crippen molar-refractivity contribution in [2.24, 2.45) is 5.92 Å². The molecule has 1 aliphatic carbocycles. The summed E-state index contributed by atoms with van der Waals surface area (Å²) in [5.41, 5.74) is 0. The van der Waals surface area contributed by atoms with Crippen molar-refractivity contribution in [3.05, 3.63) is 21.8 Å². The zero-order chi connectivity index (χ0) is 8.48. The third kappa shape index (κ3) is 2.54. The predicted octanol–water partition coefficient (Wildman–Crippen LogP) is 1.91. The molecule has 0 fully saturated rings. The van der Waals surface area contributed by atoms with Gasteiger partial charge in [-0.25, -0.2) is 0 Å². The predicted molar refractivity (Wildman–Crippen MR) is 38.5 cm³/mol. The molecule has 0 saturated heterocycles. The topological polar surface area (TPSA) is 0 Å². The fourth-order valence-corrected chi connectivity index (χ4v) is 1.99. The zero-order valence-electron chi connectivity index (χ0n) is 5.73. The molecule has 1 rings (SSSR count). The maximum absolute atomic E-state index is 12.1. The molecular weight excluding hydrogens is 260 g/mol. The Hall–Kier alpha value is 0.0687. The first-order valence-electron chi connectivity index (χ1n) is 3.20. The number of alkyl halides is 3. The van der Waals surface area contributed by atoms with Crippen LogP contribution in [0.15, 0.2) is 21.8 Å². The molecule has 0 aromatic heterocycles. The Morgan fingerprint density at radius 3 is 2.45 bits per heavy atom. The van der Waals surface area contributed by atoms with Crippen LogP contribution in [-0.2, 0) is 0 Å². The first-order valence-corrected chi connectivity index (χ1v) is 4.85. The van der Waals surface area contributed by atoms with Gasteiger partial charge in [-0.05, 0) is 0 Å². The van der Waals surface area contributed by atoms with E-state index in [1.807, 2.05) is 0 Å². The van der Waals surface area contributed by atoms with Gasteiger partial charge in [-0.1, -0.05) is 0 Å². The van der Waals surface area contributed by atoms with Crippen LogP contribution in [0.4, 0.5) is 13.2 Å². The molecule has 60 valence electrons. The van der Waals surface area contributed by atoms with Crippen molar-refractivity contribution in [3.63, 3.8) is 0 Å². The van der Waals surface area contributed by atoms with Crippen LogP contribution >= 0.6 is 0 Å². The Balaban J connectivity index is 2.71. The summed E-state index contributed by atoms with van der Waals surface area (Å²) in [6.45, 7) is 0. The van der Waals surface area contributed by atoms with Crippen LogP contribution in [0.25, 0.3) is 0 Å². The van der Waals surface area contributed by atoms with E-state index in [1.54, 1.807) is 12.2 Å². The summed E-state index contributed by atoms with van der Waals surface area (Å²) in [6.07, 6.45) is 0.734. The van der Waals surface area contributed by atoms with Gasteiger partial charge in [0.1, 0.15) is 0 Å². The first-order chi connectivity index (χ1) is 5.00. The van der Waals surface area contributed by atoms with E-state index in [1.165, 1.54) is 6.08 Å². The van der Waals surface area contributed by atoms with Crippen molar-refractivity contribution in [2.45, 2.75) is 12.6 Å². The van der Waals surface area contributed by atoms with Gasteiger partial charge in [0.05, 0.1) is 0 Å².